The first-order chi connectivity index (χ1) is 13.6. The van der Waals surface area contributed by atoms with Crippen molar-refractivity contribution >= 4 is 16.9 Å². The van der Waals surface area contributed by atoms with Crippen LogP contribution in [0.15, 0.2) is 24.3 Å². The van der Waals surface area contributed by atoms with Gasteiger partial charge in [0.2, 0.25) is 5.91 Å². The molecule has 7 heteroatoms. The number of likely N-dealkylation sites (N-methyl/N-ethyl adjacent to an activating group) is 1. The Morgan fingerprint density at radius 1 is 1.21 bits per heavy atom. The van der Waals surface area contributed by atoms with E-state index < -0.39 is 0 Å². The fourth-order valence-corrected chi connectivity index (χ4v) is 5.48. The molecule has 3 fully saturated rings. The molecule has 4 heterocycles. The van der Waals surface area contributed by atoms with Gasteiger partial charge in [-0.2, -0.15) is 0 Å². The molecule has 3 saturated heterocycles. The number of rotatable bonds is 3. The summed E-state index contributed by atoms with van der Waals surface area (Å²) in [6, 6.07) is 8.21. The number of carbonyl (C=O) groups excluding carboxylic acids is 1. The van der Waals surface area contributed by atoms with Crippen LogP contribution in [0.3, 0.4) is 0 Å². The van der Waals surface area contributed by atoms with Gasteiger partial charge in [-0.15, -0.1) is 0 Å². The molecule has 1 aromatic carbocycles. The Hall–Kier alpha value is -1.96. The standard InChI is InChI=1S/C21H29N5O2/c1-3-25-20(27)18-14-24(10-11-26(18)21(25)8-12-28-13-9-21)15-19-22-16-6-4-5-7-17(16)23(19)2/h4-7,18H,3,8-15H2,1-2H3/t18-/m1/s1. The molecule has 3 aliphatic heterocycles. The predicted molar refractivity (Wildman–Crippen MR) is 107 cm³/mol. The average molecular weight is 383 g/mol. The highest BCUT2D eigenvalue weighted by Gasteiger charge is 2.57. The highest BCUT2D eigenvalue weighted by molar-refractivity contribution is 5.85. The number of piperazine rings is 1. The van der Waals surface area contributed by atoms with Gasteiger partial charge < -0.3 is 14.2 Å². The number of hydrogen-bond acceptors (Lipinski definition) is 5. The third kappa shape index (κ3) is 2.60. The lowest BCUT2D eigenvalue weighted by Gasteiger charge is -2.48. The molecule has 1 spiro atoms. The second-order valence-corrected chi connectivity index (χ2v) is 8.20. The SMILES string of the molecule is CCN1C(=O)[C@H]2CN(Cc3nc4ccccc4n3C)CCN2C12CCOCC2. The van der Waals surface area contributed by atoms with E-state index in [0.717, 1.165) is 75.6 Å². The molecule has 0 N–H and O–H groups in total. The maximum Gasteiger partial charge on any atom is 0.242 e. The van der Waals surface area contributed by atoms with Crippen LogP contribution in [0.4, 0.5) is 0 Å². The molecule has 1 aromatic heterocycles. The second-order valence-electron chi connectivity index (χ2n) is 8.20. The zero-order chi connectivity index (χ0) is 19.3. The molecule has 0 bridgehead atoms. The summed E-state index contributed by atoms with van der Waals surface area (Å²) in [5.74, 6) is 1.35. The average Bonchev–Trinajstić information content (AvgIpc) is 3.15. The summed E-state index contributed by atoms with van der Waals surface area (Å²) in [7, 11) is 2.08. The van der Waals surface area contributed by atoms with Crippen molar-refractivity contribution in [2.75, 3.05) is 39.4 Å². The number of imidazole rings is 1. The monoisotopic (exact) mass is 383 g/mol. The minimum atomic E-state index is -0.126. The lowest BCUT2D eigenvalue weighted by atomic mass is 9.96. The van der Waals surface area contributed by atoms with Gasteiger partial charge in [0.15, 0.2) is 0 Å². The van der Waals surface area contributed by atoms with Gasteiger partial charge in [0.1, 0.15) is 17.5 Å². The van der Waals surface area contributed by atoms with Crippen molar-refractivity contribution < 1.29 is 9.53 Å². The molecule has 1 atom stereocenters. The molecule has 0 saturated carbocycles. The van der Waals surface area contributed by atoms with Crippen molar-refractivity contribution in [1.29, 1.82) is 0 Å². The Kier molecular flexibility index (Phi) is 4.41. The van der Waals surface area contributed by atoms with E-state index in [1.54, 1.807) is 0 Å². The Bertz CT molecular complexity index is 888. The van der Waals surface area contributed by atoms with E-state index >= 15 is 0 Å². The van der Waals surface area contributed by atoms with Crippen molar-refractivity contribution in [3.63, 3.8) is 0 Å². The van der Waals surface area contributed by atoms with Crippen LogP contribution in [0.25, 0.3) is 11.0 Å². The smallest absolute Gasteiger partial charge is 0.242 e. The van der Waals surface area contributed by atoms with Crippen LogP contribution in [0.2, 0.25) is 0 Å². The maximum absolute atomic E-state index is 13.2. The summed E-state index contributed by atoms with van der Waals surface area (Å²) in [6.45, 7) is 7.82. The minimum absolute atomic E-state index is 0.0403. The van der Waals surface area contributed by atoms with E-state index in [0.29, 0.717) is 5.91 Å². The minimum Gasteiger partial charge on any atom is -0.381 e. The lowest BCUT2D eigenvalue weighted by Crippen LogP contribution is -2.61. The summed E-state index contributed by atoms with van der Waals surface area (Å²) >= 11 is 0. The van der Waals surface area contributed by atoms with Crippen LogP contribution in [0.5, 0.6) is 0 Å². The zero-order valence-corrected chi connectivity index (χ0v) is 16.8. The van der Waals surface area contributed by atoms with E-state index in [4.69, 9.17) is 9.72 Å². The number of aryl methyl sites for hydroxylation is 1. The molecule has 150 valence electrons. The molecule has 0 aliphatic carbocycles. The maximum atomic E-state index is 13.2. The van der Waals surface area contributed by atoms with Crippen molar-refractivity contribution in [1.82, 2.24) is 24.3 Å². The van der Waals surface area contributed by atoms with Crippen LogP contribution in [-0.2, 0) is 23.1 Å². The van der Waals surface area contributed by atoms with Gasteiger partial charge in [0.25, 0.3) is 0 Å². The number of amides is 1. The summed E-state index contributed by atoms with van der Waals surface area (Å²) in [6.07, 6.45) is 1.85. The van der Waals surface area contributed by atoms with Crippen LogP contribution in [-0.4, -0.2) is 81.3 Å². The quantitative estimate of drug-likeness (QED) is 0.803. The van der Waals surface area contributed by atoms with Gasteiger partial charge in [-0.1, -0.05) is 12.1 Å². The van der Waals surface area contributed by atoms with Gasteiger partial charge in [0, 0.05) is 46.1 Å². The van der Waals surface area contributed by atoms with Crippen LogP contribution in [0.1, 0.15) is 25.6 Å². The van der Waals surface area contributed by atoms with Crippen molar-refractivity contribution in [2.24, 2.45) is 7.05 Å². The number of fused-ring (bicyclic) bond motifs is 3. The third-order valence-electron chi connectivity index (χ3n) is 6.91. The van der Waals surface area contributed by atoms with Gasteiger partial charge in [-0.05, 0) is 19.1 Å². The van der Waals surface area contributed by atoms with Crippen LogP contribution < -0.4 is 0 Å². The highest BCUT2D eigenvalue weighted by Crippen LogP contribution is 2.41. The van der Waals surface area contributed by atoms with Crippen molar-refractivity contribution in [2.45, 2.75) is 38.0 Å². The summed E-state index contributed by atoms with van der Waals surface area (Å²) in [5, 5.41) is 0. The number of aromatic nitrogens is 2. The van der Waals surface area contributed by atoms with Gasteiger partial charge in [-0.25, -0.2) is 4.98 Å². The number of hydrogen-bond donors (Lipinski definition) is 0. The van der Waals surface area contributed by atoms with E-state index in [1.807, 2.05) is 6.07 Å². The fourth-order valence-electron chi connectivity index (χ4n) is 5.48. The van der Waals surface area contributed by atoms with Crippen LogP contribution in [0, 0.1) is 0 Å². The van der Waals surface area contributed by atoms with Crippen molar-refractivity contribution in [3.05, 3.63) is 30.1 Å². The normalized spacial score (nSPS) is 25.7. The largest absolute Gasteiger partial charge is 0.381 e. The first kappa shape index (κ1) is 18.1. The predicted octanol–water partition coefficient (Wildman–Crippen LogP) is 1.43. The summed E-state index contributed by atoms with van der Waals surface area (Å²) < 4.78 is 7.80. The Morgan fingerprint density at radius 3 is 2.75 bits per heavy atom. The molecule has 28 heavy (non-hydrogen) atoms. The zero-order valence-electron chi connectivity index (χ0n) is 16.8. The second kappa shape index (κ2) is 6.83. The van der Waals surface area contributed by atoms with Gasteiger partial charge in [-0.3, -0.25) is 14.6 Å². The first-order valence-electron chi connectivity index (χ1n) is 10.4. The number of nitrogens with zero attached hydrogens (tertiary/aromatic N) is 5. The number of ether oxygens (including phenoxy) is 1. The van der Waals surface area contributed by atoms with Crippen molar-refractivity contribution in [3.8, 4) is 0 Å². The molecular weight excluding hydrogens is 354 g/mol. The summed E-state index contributed by atoms with van der Waals surface area (Å²) in [4.78, 5) is 25.1. The Labute approximate surface area is 165 Å². The van der Waals surface area contributed by atoms with E-state index in [-0.39, 0.29) is 11.7 Å². The van der Waals surface area contributed by atoms with E-state index in [2.05, 4.69) is 51.4 Å². The molecule has 3 aliphatic rings. The molecule has 5 rings (SSSR count). The van der Waals surface area contributed by atoms with Crippen LogP contribution >= 0.6 is 0 Å². The lowest BCUT2D eigenvalue weighted by molar-refractivity contribution is -0.135. The first-order valence-corrected chi connectivity index (χ1v) is 10.4. The van der Waals surface area contributed by atoms with Gasteiger partial charge >= 0.3 is 0 Å². The molecular formula is C21H29N5O2. The number of benzene rings is 1. The topological polar surface area (TPSA) is 53.8 Å². The molecule has 7 nitrogen and oxygen atoms in total. The third-order valence-corrected chi connectivity index (χ3v) is 6.91. The molecule has 0 unspecified atom stereocenters. The highest BCUT2D eigenvalue weighted by atomic mass is 16.5. The Morgan fingerprint density at radius 2 is 2.00 bits per heavy atom. The number of para-hydroxylation sites is 2. The van der Waals surface area contributed by atoms with E-state index in [9.17, 15) is 4.79 Å². The molecule has 0 radical (unpaired) electrons. The molecule has 1 amide bonds. The number of carbonyl (C=O) groups is 1. The van der Waals surface area contributed by atoms with Gasteiger partial charge in [0.05, 0.1) is 30.8 Å². The fraction of sp³-hybridized carbons (Fsp3) is 0.619. The molecule has 2 aromatic rings. The van der Waals surface area contributed by atoms with E-state index in [1.165, 1.54) is 0 Å². The Balaban J connectivity index is 1.37. The summed E-state index contributed by atoms with van der Waals surface area (Å²) in [5.41, 5.74) is 2.07.